The Morgan fingerprint density at radius 2 is 1.76 bits per heavy atom. The molecule has 1 aromatic heterocycles. The quantitative estimate of drug-likeness (QED) is 0.270. The van der Waals surface area contributed by atoms with Gasteiger partial charge in [-0.15, -0.1) is 0 Å². The molecule has 5 rings (SSSR count). The molecule has 1 aliphatic rings. The normalized spacial score (nSPS) is 18.1. The highest BCUT2D eigenvalue weighted by molar-refractivity contribution is 6.10. The maximum Gasteiger partial charge on any atom is 0.418 e. The van der Waals surface area contributed by atoms with Crippen LogP contribution in [0.2, 0.25) is 0 Å². The van der Waals surface area contributed by atoms with Gasteiger partial charge in [0, 0.05) is 49.6 Å². The third-order valence-corrected chi connectivity index (χ3v) is 8.50. The number of alkyl halides is 3. The van der Waals surface area contributed by atoms with Crippen molar-refractivity contribution in [3.63, 3.8) is 0 Å². The van der Waals surface area contributed by atoms with Gasteiger partial charge >= 0.3 is 12.2 Å². The minimum Gasteiger partial charge on any atom is -0.394 e. The zero-order valence-electron chi connectivity index (χ0n) is 25.6. The summed E-state index contributed by atoms with van der Waals surface area (Å²) in [5, 5.41) is 13.5. The Kier molecular flexibility index (Phi) is 9.22. The Labute approximate surface area is 260 Å². The van der Waals surface area contributed by atoms with E-state index in [1.165, 1.54) is 30.1 Å². The number of aliphatic hydroxyl groups excluding tert-OH is 1. The lowest BCUT2D eigenvalue weighted by Crippen LogP contribution is -2.48. The Balaban J connectivity index is 1.51. The van der Waals surface area contributed by atoms with Crippen molar-refractivity contribution in [3.05, 3.63) is 89.6 Å². The van der Waals surface area contributed by atoms with Crippen molar-refractivity contribution in [2.75, 3.05) is 32.1 Å². The maximum absolute atomic E-state index is 14.5. The van der Waals surface area contributed by atoms with Gasteiger partial charge < -0.3 is 29.5 Å². The van der Waals surface area contributed by atoms with Crippen molar-refractivity contribution < 1.29 is 32.6 Å². The highest BCUT2D eigenvalue weighted by Crippen LogP contribution is 2.39. The highest BCUT2D eigenvalue weighted by Gasteiger charge is 2.36. The van der Waals surface area contributed by atoms with Gasteiger partial charge in [-0.05, 0) is 36.2 Å². The fraction of sp³-hybridized carbons (Fsp3) is 0.353. The number of urea groups is 1. The van der Waals surface area contributed by atoms with Crippen LogP contribution in [0.1, 0.15) is 35.5 Å². The number of fused-ring (bicyclic) bond motifs is 5. The van der Waals surface area contributed by atoms with Gasteiger partial charge in [-0.1, -0.05) is 61.5 Å². The van der Waals surface area contributed by atoms with E-state index in [9.17, 15) is 27.9 Å². The average Bonchev–Trinajstić information content (AvgIpc) is 3.31. The molecule has 0 unspecified atom stereocenters. The Morgan fingerprint density at radius 3 is 2.49 bits per heavy atom. The number of benzene rings is 3. The number of nitrogens with zero attached hydrogens (tertiary/aromatic N) is 3. The third-order valence-electron chi connectivity index (χ3n) is 8.50. The second-order valence-electron chi connectivity index (χ2n) is 11.6. The highest BCUT2D eigenvalue weighted by atomic mass is 19.4. The molecule has 45 heavy (non-hydrogen) atoms. The molecular weight excluding hydrogens is 585 g/mol. The summed E-state index contributed by atoms with van der Waals surface area (Å²) in [6.07, 6.45) is -5.24. The number of para-hydroxylation sites is 2. The smallest absolute Gasteiger partial charge is 0.394 e. The number of hydrogen-bond donors (Lipinski definition) is 2. The molecule has 0 radical (unpaired) electrons. The van der Waals surface area contributed by atoms with Gasteiger partial charge in [-0.2, -0.15) is 13.2 Å². The number of anilines is 1. The van der Waals surface area contributed by atoms with Crippen molar-refractivity contribution in [2.45, 2.75) is 38.8 Å². The number of ether oxygens (including phenoxy) is 1. The molecule has 8 nitrogen and oxygen atoms in total. The first-order valence-corrected chi connectivity index (χ1v) is 14.8. The molecule has 238 valence electrons. The summed E-state index contributed by atoms with van der Waals surface area (Å²) in [5.41, 5.74) is 2.55. The molecule has 2 heterocycles. The van der Waals surface area contributed by atoms with E-state index in [2.05, 4.69) is 5.32 Å². The zero-order valence-corrected chi connectivity index (χ0v) is 25.6. The van der Waals surface area contributed by atoms with Crippen LogP contribution in [-0.4, -0.2) is 70.3 Å². The van der Waals surface area contributed by atoms with E-state index in [0.29, 0.717) is 5.69 Å². The Bertz CT molecular complexity index is 1700. The summed E-state index contributed by atoms with van der Waals surface area (Å²) in [7, 11) is 3.35. The molecule has 0 fully saturated rings. The molecular formula is C34H37F3N4O4. The van der Waals surface area contributed by atoms with Crippen LogP contribution < -0.4 is 5.32 Å². The number of amides is 3. The first-order valence-electron chi connectivity index (χ1n) is 14.8. The van der Waals surface area contributed by atoms with Gasteiger partial charge in [0.2, 0.25) is 0 Å². The SMILES string of the molecule is C[C@@H]1CN([C@@H](C)CO)C(=O)c2c(c3ccccc3n2C)-c2ccccc2CO[C@H]1CN(C)C(=O)Nc1ccccc1C(F)(F)F. The third kappa shape index (κ3) is 6.41. The van der Waals surface area contributed by atoms with Gasteiger partial charge in [0.05, 0.1) is 36.6 Å². The molecule has 0 spiro atoms. The van der Waals surface area contributed by atoms with Crippen molar-refractivity contribution in [1.82, 2.24) is 14.4 Å². The predicted molar refractivity (Wildman–Crippen MR) is 167 cm³/mol. The number of nitrogens with one attached hydrogen (secondary N) is 1. The number of likely N-dealkylation sites (N-methyl/N-ethyl adjacent to an activating group) is 1. The molecule has 0 saturated carbocycles. The summed E-state index contributed by atoms with van der Waals surface area (Å²) in [5.74, 6) is -0.577. The van der Waals surface area contributed by atoms with Gasteiger partial charge in [-0.3, -0.25) is 4.79 Å². The zero-order chi connectivity index (χ0) is 32.5. The van der Waals surface area contributed by atoms with E-state index in [1.54, 1.807) is 11.8 Å². The number of aliphatic hydroxyl groups is 1. The number of carbonyl (C=O) groups is 2. The molecule has 3 aromatic carbocycles. The van der Waals surface area contributed by atoms with E-state index in [4.69, 9.17) is 4.74 Å². The lowest BCUT2D eigenvalue weighted by Gasteiger charge is -2.35. The summed E-state index contributed by atoms with van der Waals surface area (Å²) < 4.78 is 49.0. The van der Waals surface area contributed by atoms with Crippen molar-refractivity contribution >= 4 is 28.5 Å². The predicted octanol–water partition coefficient (Wildman–Crippen LogP) is 6.39. The lowest BCUT2D eigenvalue weighted by molar-refractivity contribution is -0.136. The summed E-state index contributed by atoms with van der Waals surface area (Å²) >= 11 is 0. The van der Waals surface area contributed by atoms with Gasteiger partial charge in [0.15, 0.2) is 0 Å². The largest absolute Gasteiger partial charge is 0.418 e. The standard InChI is InChI=1S/C34H37F3N4O4/c1-21-17-41(22(2)19-42)32(43)31-30(25-13-7-10-16-28(25)40(31)4)24-12-6-5-11-23(24)20-45-29(21)18-39(3)33(44)38-27-15-9-8-14-26(27)34(35,36)37/h5-16,21-22,29,42H,17-20H2,1-4H3,(H,38,44)/t21-,22+,29+/m1/s1. The number of carbonyl (C=O) groups excluding carboxylic acids is 2. The van der Waals surface area contributed by atoms with E-state index in [1.807, 2.05) is 67.1 Å². The number of halogens is 3. The molecule has 3 atom stereocenters. The minimum absolute atomic E-state index is 0.0365. The van der Waals surface area contributed by atoms with Crippen LogP contribution in [0.5, 0.6) is 0 Å². The van der Waals surface area contributed by atoms with Crippen LogP contribution in [0.3, 0.4) is 0 Å². The van der Waals surface area contributed by atoms with Gasteiger partial charge in [0.25, 0.3) is 5.91 Å². The van der Waals surface area contributed by atoms with Gasteiger partial charge in [-0.25, -0.2) is 4.79 Å². The van der Waals surface area contributed by atoms with Crippen molar-refractivity contribution in [3.8, 4) is 11.1 Å². The van der Waals surface area contributed by atoms with E-state index < -0.39 is 29.9 Å². The molecule has 0 saturated heterocycles. The lowest BCUT2D eigenvalue weighted by atomic mass is 9.96. The second-order valence-corrected chi connectivity index (χ2v) is 11.6. The monoisotopic (exact) mass is 622 g/mol. The first kappa shape index (κ1) is 32.1. The fourth-order valence-corrected chi connectivity index (χ4v) is 5.93. The summed E-state index contributed by atoms with van der Waals surface area (Å²) in [6, 6.07) is 19.0. The number of rotatable bonds is 5. The second kappa shape index (κ2) is 12.9. The number of hydrogen-bond acceptors (Lipinski definition) is 4. The van der Waals surface area contributed by atoms with Crippen LogP contribution in [0, 0.1) is 5.92 Å². The van der Waals surface area contributed by atoms with Crippen LogP contribution in [0.4, 0.5) is 23.7 Å². The van der Waals surface area contributed by atoms with Crippen molar-refractivity contribution in [2.24, 2.45) is 13.0 Å². The maximum atomic E-state index is 14.5. The van der Waals surface area contributed by atoms with E-state index >= 15 is 0 Å². The van der Waals surface area contributed by atoms with Crippen LogP contribution in [-0.2, 0) is 24.6 Å². The minimum atomic E-state index is -4.63. The molecule has 2 N–H and O–H groups in total. The topological polar surface area (TPSA) is 87.0 Å². The summed E-state index contributed by atoms with van der Waals surface area (Å²) in [4.78, 5) is 30.5. The Hall–Kier alpha value is -4.35. The molecule has 3 amide bonds. The van der Waals surface area contributed by atoms with Crippen LogP contribution >= 0.6 is 0 Å². The molecule has 0 bridgehead atoms. The molecule has 4 aromatic rings. The first-order chi connectivity index (χ1) is 21.4. The number of aryl methyl sites for hydroxylation is 1. The Morgan fingerprint density at radius 1 is 1.09 bits per heavy atom. The van der Waals surface area contributed by atoms with Crippen LogP contribution in [0.25, 0.3) is 22.0 Å². The average molecular weight is 623 g/mol. The fourth-order valence-electron chi connectivity index (χ4n) is 5.93. The van der Waals surface area contributed by atoms with Crippen molar-refractivity contribution in [1.29, 1.82) is 0 Å². The molecule has 1 aliphatic heterocycles. The number of aromatic nitrogens is 1. The molecule has 11 heteroatoms. The van der Waals surface area contributed by atoms with E-state index in [-0.39, 0.29) is 43.8 Å². The molecule has 0 aliphatic carbocycles. The van der Waals surface area contributed by atoms with E-state index in [0.717, 1.165) is 33.7 Å². The van der Waals surface area contributed by atoms with Crippen LogP contribution in [0.15, 0.2) is 72.8 Å². The summed E-state index contributed by atoms with van der Waals surface area (Å²) in [6.45, 7) is 3.81. The van der Waals surface area contributed by atoms with Gasteiger partial charge in [0.1, 0.15) is 5.69 Å².